The number of nitrogens with zero attached hydrogens (tertiary/aromatic N) is 2. The number of nitrogens with one attached hydrogen (secondary N) is 2. The lowest BCUT2D eigenvalue weighted by molar-refractivity contribution is 0.102. The summed E-state index contributed by atoms with van der Waals surface area (Å²) >= 11 is 7.21. The van der Waals surface area contributed by atoms with Crippen molar-refractivity contribution < 1.29 is 4.79 Å². The van der Waals surface area contributed by atoms with Crippen molar-refractivity contribution in [1.29, 1.82) is 0 Å². The van der Waals surface area contributed by atoms with Gasteiger partial charge in [-0.3, -0.25) is 16.0 Å². The van der Waals surface area contributed by atoms with Crippen molar-refractivity contribution in [2.45, 2.75) is 13.3 Å². The first kappa shape index (κ1) is 13.7. The van der Waals surface area contributed by atoms with E-state index in [-0.39, 0.29) is 5.91 Å². The molecule has 19 heavy (non-hydrogen) atoms. The van der Waals surface area contributed by atoms with Crippen molar-refractivity contribution in [3.8, 4) is 0 Å². The van der Waals surface area contributed by atoms with Crippen molar-refractivity contribution in [3.63, 3.8) is 0 Å². The number of aryl methyl sites for hydroxylation is 1. The first-order chi connectivity index (χ1) is 9.13. The Morgan fingerprint density at radius 3 is 2.89 bits per heavy atom. The van der Waals surface area contributed by atoms with E-state index in [1.807, 2.05) is 6.92 Å². The first-order valence-electron chi connectivity index (χ1n) is 5.54. The number of carbonyl (C=O) groups excluding carboxylic acids is 1. The number of benzene rings is 1. The first-order valence-corrected chi connectivity index (χ1v) is 6.73. The molecule has 0 aliphatic carbocycles. The number of amides is 1. The summed E-state index contributed by atoms with van der Waals surface area (Å²) in [6, 6.07) is 4.82. The van der Waals surface area contributed by atoms with Crippen LogP contribution in [0, 0.1) is 0 Å². The lowest BCUT2D eigenvalue weighted by atomic mass is 10.1. The standard InChI is InChI=1S/C11H12ClN5OS/c1-2-9-16-17-11(19-9)14-10(18)7-5-6(12)3-4-8(7)15-13/h3-5,15H,2,13H2,1H3,(H,14,17,18). The van der Waals surface area contributed by atoms with E-state index in [1.165, 1.54) is 17.4 Å². The fourth-order valence-electron chi connectivity index (χ4n) is 1.44. The van der Waals surface area contributed by atoms with Gasteiger partial charge in [-0.15, -0.1) is 10.2 Å². The lowest BCUT2D eigenvalue weighted by Gasteiger charge is -2.08. The summed E-state index contributed by atoms with van der Waals surface area (Å²) < 4.78 is 0. The second-order valence-electron chi connectivity index (χ2n) is 3.64. The van der Waals surface area contributed by atoms with Crippen molar-refractivity contribution in [1.82, 2.24) is 10.2 Å². The summed E-state index contributed by atoms with van der Waals surface area (Å²) in [5.41, 5.74) is 3.29. The van der Waals surface area contributed by atoms with Gasteiger partial charge in [0.25, 0.3) is 5.91 Å². The molecule has 0 fully saturated rings. The average molecular weight is 298 g/mol. The van der Waals surface area contributed by atoms with Gasteiger partial charge in [0.1, 0.15) is 5.01 Å². The molecule has 1 heterocycles. The highest BCUT2D eigenvalue weighted by molar-refractivity contribution is 7.15. The van der Waals surface area contributed by atoms with E-state index in [4.69, 9.17) is 17.4 Å². The van der Waals surface area contributed by atoms with Crippen LogP contribution in [0.4, 0.5) is 10.8 Å². The molecule has 0 aliphatic rings. The van der Waals surface area contributed by atoms with Crippen LogP contribution in [0.2, 0.25) is 5.02 Å². The zero-order valence-electron chi connectivity index (χ0n) is 10.1. The highest BCUT2D eigenvalue weighted by atomic mass is 35.5. The Kier molecular flexibility index (Phi) is 4.31. The molecule has 0 unspecified atom stereocenters. The molecule has 2 rings (SSSR count). The maximum absolute atomic E-state index is 12.1. The second-order valence-corrected chi connectivity index (χ2v) is 5.14. The van der Waals surface area contributed by atoms with Gasteiger partial charge in [0.05, 0.1) is 11.3 Å². The quantitative estimate of drug-likeness (QED) is 0.595. The number of anilines is 2. The Hall–Kier alpha value is -1.70. The van der Waals surface area contributed by atoms with Crippen molar-refractivity contribution in [2.24, 2.45) is 5.84 Å². The molecule has 100 valence electrons. The normalized spacial score (nSPS) is 10.3. The van der Waals surface area contributed by atoms with Crippen LogP contribution in [0.3, 0.4) is 0 Å². The second kappa shape index (κ2) is 5.96. The molecule has 0 saturated heterocycles. The van der Waals surface area contributed by atoms with Crippen molar-refractivity contribution in [2.75, 3.05) is 10.7 Å². The molecule has 2 aromatic rings. The highest BCUT2D eigenvalue weighted by Gasteiger charge is 2.14. The predicted octanol–water partition coefficient (Wildman–Crippen LogP) is 2.29. The number of rotatable bonds is 4. The number of halogens is 1. The molecule has 0 atom stereocenters. The number of nitrogens with two attached hydrogens (primary N) is 1. The summed E-state index contributed by atoms with van der Waals surface area (Å²) in [5, 5.41) is 12.2. The Morgan fingerprint density at radius 2 is 2.26 bits per heavy atom. The molecule has 1 amide bonds. The zero-order valence-corrected chi connectivity index (χ0v) is 11.7. The van der Waals surface area contributed by atoms with Crippen LogP contribution >= 0.6 is 22.9 Å². The van der Waals surface area contributed by atoms with E-state index >= 15 is 0 Å². The molecular formula is C11H12ClN5OS. The molecule has 0 saturated carbocycles. The minimum atomic E-state index is -0.339. The third-order valence-electron chi connectivity index (χ3n) is 2.37. The van der Waals surface area contributed by atoms with Gasteiger partial charge in [0.2, 0.25) is 5.13 Å². The monoisotopic (exact) mass is 297 g/mol. The van der Waals surface area contributed by atoms with Crippen LogP contribution in [0.5, 0.6) is 0 Å². The van der Waals surface area contributed by atoms with Gasteiger partial charge in [-0.2, -0.15) is 0 Å². The molecule has 0 aliphatic heterocycles. The molecule has 0 bridgehead atoms. The summed E-state index contributed by atoms with van der Waals surface area (Å²) in [5.74, 6) is 5.02. The van der Waals surface area contributed by atoms with E-state index < -0.39 is 0 Å². The van der Waals surface area contributed by atoms with Gasteiger partial charge in [-0.05, 0) is 24.6 Å². The number of nitrogen functional groups attached to an aromatic ring is 1. The lowest BCUT2D eigenvalue weighted by Crippen LogP contribution is -2.17. The molecule has 4 N–H and O–H groups in total. The van der Waals surface area contributed by atoms with Crippen LogP contribution in [-0.2, 0) is 6.42 Å². The number of hydrogen-bond donors (Lipinski definition) is 3. The number of hydrazine groups is 1. The van der Waals surface area contributed by atoms with E-state index in [0.29, 0.717) is 21.4 Å². The van der Waals surface area contributed by atoms with Gasteiger partial charge in [0, 0.05) is 5.02 Å². The smallest absolute Gasteiger partial charge is 0.259 e. The van der Waals surface area contributed by atoms with Crippen LogP contribution in [0.15, 0.2) is 18.2 Å². The largest absolute Gasteiger partial charge is 0.323 e. The number of aromatic nitrogens is 2. The Morgan fingerprint density at radius 1 is 1.47 bits per heavy atom. The summed E-state index contributed by atoms with van der Waals surface area (Å²) in [6.45, 7) is 1.97. The van der Waals surface area contributed by atoms with Gasteiger partial charge in [-0.1, -0.05) is 29.9 Å². The van der Waals surface area contributed by atoms with E-state index in [9.17, 15) is 4.79 Å². The number of carbonyl (C=O) groups is 1. The Bertz CT molecular complexity index is 601. The zero-order chi connectivity index (χ0) is 13.8. The fraction of sp³-hybridized carbons (Fsp3) is 0.182. The molecular weight excluding hydrogens is 286 g/mol. The molecule has 1 aromatic heterocycles. The Balaban J connectivity index is 2.21. The van der Waals surface area contributed by atoms with E-state index in [0.717, 1.165) is 11.4 Å². The molecule has 0 radical (unpaired) electrons. The van der Waals surface area contributed by atoms with Crippen LogP contribution in [0.25, 0.3) is 0 Å². The summed E-state index contributed by atoms with van der Waals surface area (Å²) in [7, 11) is 0. The predicted molar refractivity (Wildman–Crippen MR) is 76.5 cm³/mol. The SMILES string of the molecule is CCc1nnc(NC(=O)c2cc(Cl)ccc2NN)s1. The van der Waals surface area contributed by atoms with E-state index in [2.05, 4.69) is 20.9 Å². The molecule has 0 spiro atoms. The topological polar surface area (TPSA) is 92.9 Å². The fourth-order valence-corrected chi connectivity index (χ4v) is 2.29. The maximum Gasteiger partial charge on any atom is 0.259 e. The van der Waals surface area contributed by atoms with Gasteiger partial charge in [0.15, 0.2) is 0 Å². The van der Waals surface area contributed by atoms with Gasteiger partial charge in [-0.25, -0.2) is 0 Å². The third kappa shape index (κ3) is 3.19. The minimum absolute atomic E-state index is 0.339. The van der Waals surface area contributed by atoms with Gasteiger partial charge < -0.3 is 5.43 Å². The summed E-state index contributed by atoms with van der Waals surface area (Å²) in [4.78, 5) is 12.1. The van der Waals surface area contributed by atoms with Crippen LogP contribution in [0.1, 0.15) is 22.3 Å². The molecule has 8 heteroatoms. The average Bonchev–Trinajstić information content (AvgIpc) is 2.86. The molecule has 1 aromatic carbocycles. The van der Waals surface area contributed by atoms with E-state index in [1.54, 1.807) is 12.1 Å². The van der Waals surface area contributed by atoms with Crippen molar-refractivity contribution >= 4 is 39.7 Å². The third-order valence-corrected chi connectivity index (χ3v) is 3.59. The van der Waals surface area contributed by atoms with Crippen molar-refractivity contribution in [3.05, 3.63) is 33.8 Å². The summed E-state index contributed by atoms with van der Waals surface area (Å²) in [6.07, 6.45) is 0.778. The van der Waals surface area contributed by atoms with Gasteiger partial charge >= 0.3 is 0 Å². The highest BCUT2D eigenvalue weighted by Crippen LogP contribution is 2.22. The Labute approximate surface area is 119 Å². The molecule has 6 nitrogen and oxygen atoms in total. The maximum atomic E-state index is 12.1. The van der Waals surface area contributed by atoms with Crippen LogP contribution < -0.4 is 16.6 Å². The minimum Gasteiger partial charge on any atom is -0.323 e. The van der Waals surface area contributed by atoms with Crippen LogP contribution in [-0.4, -0.2) is 16.1 Å². The number of hydrogen-bond acceptors (Lipinski definition) is 6.